The largest absolute Gasteiger partial charge is 0.281 e. The molecule has 0 aromatic carbocycles. The Hall–Kier alpha value is -1.73. The third-order valence-corrected chi connectivity index (χ3v) is 4.38. The summed E-state index contributed by atoms with van der Waals surface area (Å²) in [6, 6.07) is 3.79. The number of rotatable bonds is 5. The molecule has 0 fully saturated rings. The summed E-state index contributed by atoms with van der Waals surface area (Å²) in [7, 11) is -3.55. The molecule has 2 aromatic rings. The summed E-state index contributed by atoms with van der Waals surface area (Å²) in [5.74, 6) is 0. The molecule has 2 rings (SSSR count). The van der Waals surface area contributed by atoms with Gasteiger partial charge in [0.25, 0.3) is 0 Å². The third-order valence-electron chi connectivity index (χ3n) is 2.87. The Kier molecular flexibility index (Phi) is 3.96. The van der Waals surface area contributed by atoms with Crippen molar-refractivity contribution in [3.8, 4) is 0 Å². The SMILES string of the molecule is CCc1cccnc1CNS(=O)(=O)c1cn[nH]c1C. The lowest BCUT2D eigenvalue weighted by Gasteiger charge is -2.08. The quantitative estimate of drug-likeness (QED) is 0.860. The van der Waals surface area contributed by atoms with E-state index in [1.54, 1.807) is 13.1 Å². The molecular formula is C12H16N4O2S. The number of aromatic nitrogens is 3. The first-order valence-corrected chi connectivity index (χ1v) is 7.45. The molecule has 2 aromatic heterocycles. The first-order chi connectivity index (χ1) is 9.04. The van der Waals surface area contributed by atoms with Crippen LogP contribution in [0.3, 0.4) is 0 Å². The van der Waals surface area contributed by atoms with Crippen LogP contribution in [0.1, 0.15) is 23.9 Å². The number of nitrogens with one attached hydrogen (secondary N) is 2. The van der Waals surface area contributed by atoms with Gasteiger partial charge < -0.3 is 0 Å². The molecule has 0 atom stereocenters. The van der Waals surface area contributed by atoms with Crippen LogP contribution in [0.4, 0.5) is 0 Å². The molecule has 0 amide bonds. The third kappa shape index (κ3) is 2.99. The standard InChI is InChI=1S/C12H16N4O2S/c1-3-10-5-4-6-13-11(10)7-15-19(17,18)12-8-14-16-9(12)2/h4-6,8,15H,3,7H2,1-2H3,(H,14,16). The summed E-state index contributed by atoms with van der Waals surface area (Å²) < 4.78 is 26.7. The number of sulfonamides is 1. The summed E-state index contributed by atoms with van der Waals surface area (Å²) in [5.41, 5.74) is 2.30. The Morgan fingerprint density at radius 1 is 1.42 bits per heavy atom. The van der Waals surface area contributed by atoms with E-state index in [2.05, 4.69) is 19.9 Å². The lowest BCUT2D eigenvalue weighted by atomic mass is 10.1. The average Bonchev–Trinajstić information content (AvgIpc) is 2.84. The molecule has 0 aliphatic rings. The van der Waals surface area contributed by atoms with Crippen LogP contribution in [0.5, 0.6) is 0 Å². The summed E-state index contributed by atoms with van der Waals surface area (Å²) in [6.07, 6.45) is 3.78. The van der Waals surface area contributed by atoms with Crippen LogP contribution in [0.25, 0.3) is 0 Å². The minimum atomic E-state index is -3.55. The predicted octanol–water partition coefficient (Wildman–Crippen LogP) is 1.15. The fourth-order valence-corrected chi connectivity index (χ4v) is 2.93. The fraction of sp³-hybridized carbons (Fsp3) is 0.333. The Labute approximate surface area is 112 Å². The smallest absolute Gasteiger partial charge is 0.244 e. The second-order valence-corrected chi connectivity index (χ2v) is 5.88. The van der Waals surface area contributed by atoms with Crippen molar-refractivity contribution < 1.29 is 8.42 Å². The predicted molar refractivity (Wildman–Crippen MR) is 71.0 cm³/mol. The molecule has 0 radical (unpaired) electrons. The van der Waals surface area contributed by atoms with E-state index < -0.39 is 10.0 Å². The number of hydrogen-bond donors (Lipinski definition) is 2. The van der Waals surface area contributed by atoms with Crippen molar-refractivity contribution in [2.75, 3.05) is 0 Å². The van der Waals surface area contributed by atoms with Gasteiger partial charge in [0.1, 0.15) is 4.90 Å². The minimum absolute atomic E-state index is 0.168. The van der Waals surface area contributed by atoms with Crippen LogP contribution in [-0.4, -0.2) is 23.6 Å². The molecule has 0 saturated heterocycles. The Morgan fingerprint density at radius 2 is 2.21 bits per heavy atom. The maximum Gasteiger partial charge on any atom is 0.244 e. The van der Waals surface area contributed by atoms with Crippen molar-refractivity contribution in [3.05, 3.63) is 41.5 Å². The van der Waals surface area contributed by atoms with Gasteiger partial charge in [0.05, 0.1) is 24.1 Å². The molecule has 0 saturated carbocycles. The van der Waals surface area contributed by atoms with Crippen molar-refractivity contribution >= 4 is 10.0 Å². The van der Waals surface area contributed by atoms with Gasteiger partial charge in [-0.25, -0.2) is 13.1 Å². The van der Waals surface area contributed by atoms with Crippen LogP contribution in [0.2, 0.25) is 0 Å². The molecule has 7 heteroatoms. The van der Waals surface area contributed by atoms with Crippen LogP contribution >= 0.6 is 0 Å². The van der Waals surface area contributed by atoms with Crippen LogP contribution in [0.15, 0.2) is 29.4 Å². The molecule has 6 nitrogen and oxygen atoms in total. The number of pyridine rings is 1. The lowest BCUT2D eigenvalue weighted by molar-refractivity contribution is 0.579. The number of H-pyrrole nitrogens is 1. The first kappa shape index (κ1) is 13.7. The normalized spacial score (nSPS) is 11.7. The highest BCUT2D eigenvalue weighted by molar-refractivity contribution is 7.89. The van der Waals surface area contributed by atoms with Crippen molar-refractivity contribution in [1.29, 1.82) is 0 Å². The van der Waals surface area contributed by atoms with Gasteiger partial charge in [0.2, 0.25) is 10.0 Å². The highest BCUT2D eigenvalue weighted by Gasteiger charge is 2.18. The molecule has 0 unspecified atom stereocenters. The van der Waals surface area contributed by atoms with Gasteiger partial charge in [0, 0.05) is 6.20 Å². The summed E-state index contributed by atoms with van der Waals surface area (Å²) >= 11 is 0. The highest BCUT2D eigenvalue weighted by Crippen LogP contribution is 2.12. The molecule has 102 valence electrons. The maximum absolute atomic E-state index is 12.1. The number of aromatic amines is 1. The van der Waals surface area contributed by atoms with Gasteiger partial charge in [-0.05, 0) is 25.0 Å². The van der Waals surface area contributed by atoms with Crippen LogP contribution < -0.4 is 4.72 Å². The van der Waals surface area contributed by atoms with Gasteiger partial charge in [-0.2, -0.15) is 5.10 Å². The van der Waals surface area contributed by atoms with E-state index in [1.165, 1.54) is 6.20 Å². The maximum atomic E-state index is 12.1. The van der Waals surface area contributed by atoms with Gasteiger partial charge in [-0.3, -0.25) is 10.1 Å². The van der Waals surface area contributed by atoms with Crippen molar-refractivity contribution in [2.24, 2.45) is 0 Å². The molecule has 19 heavy (non-hydrogen) atoms. The topological polar surface area (TPSA) is 87.7 Å². The first-order valence-electron chi connectivity index (χ1n) is 5.97. The number of aryl methyl sites for hydroxylation is 2. The summed E-state index contributed by atoms with van der Waals surface area (Å²) in [5, 5.41) is 6.33. The monoisotopic (exact) mass is 280 g/mol. The van der Waals surface area contributed by atoms with E-state index in [9.17, 15) is 8.42 Å². The van der Waals surface area contributed by atoms with E-state index in [1.807, 2.05) is 19.1 Å². The zero-order chi connectivity index (χ0) is 13.9. The zero-order valence-electron chi connectivity index (χ0n) is 10.8. The van der Waals surface area contributed by atoms with Gasteiger partial charge in [0.15, 0.2) is 0 Å². The molecule has 0 aliphatic carbocycles. The molecule has 2 N–H and O–H groups in total. The second-order valence-electron chi connectivity index (χ2n) is 4.15. The van der Waals surface area contributed by atoms with E-state index in [0.29, 0.717) is 5.69 Å². The van der Waals surface area contributed by atoms with Crippen molar-refractivity contribution in [2.45, 2.75) is 31.7 Å². The van der Waals surface area contributed by atoms with E-state index in [-0.39, 0.29) is 11.4 Å². The number of hydrogen-bond acceptors (Lipinski definition) is 4. The van der Waals surface area contributed by atoms with E-state index >= 15 is 0 Å². The van der Waals surface area contributed by atoms with Gasteiger partial charge in [-0.15, -0.1) is 0 Å². The molecule has 0 bridgehead atoms. The van der Waals surface area contributed by atoms with Gasteiger partial charge >= 0.3 is 0 Å². The highest BCUT2D eigenvalue weighted by atomic mass is 32.2. The van der Waals surface area contributed by atoms with Crippen LogP contribution in [-0.2, 0) is 23.0 Å². The molecule has 0 spiro atoms. The average molecular weight is 280 g/mol. The second kappa shape index (κ2) is 5.50. The Balaban J connectivity index is 2.17. The van der Waals surface area contributed by atoms with Crippen LogP contribution in [0, 0.1) is 6.92 Å². The molecular weight excluding hydrogens is 264 g/mol. The van der Waals surface area contributed by atoms with Crippen molar-refractivity contribution in [1.82, 2.24) is 19.9 Å². The summed E-state index contributed by atoms with van der Waals surface area (Å²) in [4.78, 5) is 4.37. The fourth-order valence-electron chi connectivity index (χ4n) is 1.80. The van der Waals surface area contributed by atoms with Gasteiger partial charge in [-0.1, -0.05) is 13.0 Å². The van der Waals surface area contributed by atoms with E-state index in [4.69, 9.17) is 0 Å². The summed E-state index contributed by atoms with van der Waals surface area (Å²) in [6.45, 7) is 3.85. The number of nitrogens with zero attached hydrogens (tertiary/aromatic N) is 2. The Morgan fingerprint density at radius 3 is 2.84 bits per heavy atom. The molecule has 2 heterocycles. The van der Waals surface area contributed by atoms with Crippen molar-refractivity contribution in [3.63, 3.8) is 0 Å². The zero-order valence-corrected chi connectivity index (χ0v) is 11.7. The molecule has 0 aliphatic heterocycles. The minimum Gasteiger partial charge on any atom is -0.281 e. The Bertz CT molecular complexity index is 664. The lowest BCUT2D eigenvalue weighted by Crippen LogP contribution is -2.24. The van der Waals surface area contributed by atoms with E-state index in [0.717, 1.165) is 17.7 Å².